The van der Waals surface area contributed by atoms with Crippen molar-refractivity contribution in [1.29, 1.82) is 0 Å². The fourth-order valence-corrected chi connectivity index (χ4v) is 3.10. The summed E-state index contributed by atoms with van der Waals surface area (Å²) >= 11 is 3.46. The number of nitrogens with one attached hydrogen (secondary N) is 2. The van der Waals surface area contributed by atoms with Crippen molar-refractivity contribution in [2.24, 2.45) is 11.0 Å². The van der Waals surface area contributed by atoms with Crippen LogP contribution in [0.2, 0.25) is 0 Å². The van der Waals surface area contributed by atoms with E-state index < -0.39 is 17.7 Å². The number of halogens is 1. The first-order valence-electron chi connectivity index (χ1n) is 9.76. The third-order valence-electron chi connectivity index (χ3n) is 4.15. The van der Waals surface area contributed by atoms with Crippen molar-refractivity contribution in [1.82, 2.24) is 5.43 Å². The monoisotopic (exact) mass is 491 g/mol. The minimum Gasteiger partial charge on any atom is -0.497 e. The Morgan fingerprint density at radius 1 is 1.10 bits per heavy atom. The lowest BCUT2D eigenvalue weighted by Gasteiger charge is -2.13. The SMILES string of the molecule is CCOc1cc(C=NNC(=O)C(C)C(=O)Nc2ccc(OC)cc2)cc(Br)c1OCC. The molecule has 0 heterocycles. The van der Waals surface area contributed by atoms with Crippen LogP contribution in [0.15, 0.2) is 46.0 Å². The largest absolute Gasteiger partial charge is 0.497 e. The highest BCUT2D eigenvalue weighted by Gasteiger charge is 2.21. The molecule has 0 spiro atoms. The average Bonchev–Trinajstić information content (AvgIpc) is 2.76. The van der Waals surface area contributed by atoms with Crippen LogP contribution in [0.1, 0.15) is 26.3 Å². The van der Waals surface area contributed by atoms with Gasteiger partial charge in [0.05, 0.1) is 31.0 Å². The van der Waals surface area contributed by atoms with Gasteiger partial charge in [0, 0.05) is 5.69 Å². The number of hydrazone groups is 1. The Morgan fingerprint density at radius 3 is 2.39 bits per heavy atom. The van der Waals surface area contributed by atoms with Gasteiger partial charge < -0.3 is 19.5 Å². The van der Waals surface area contributed by atoms with Crippen LogP contribution in [0.3, 0.4) is 0 Å². The van der Waals surface area contributed by atoms with Gasteiger partial charge in [0.1, 0.15) is 11.7 Å². The smallest absolute Gasteiger partial charge is 0.252 e. The second kappa shape index (κ2) is 11.9. The van der Waals surface area contributed by atoms with Crippen molar-refractivity contribution in [2.75, 3.05) is 25.6 Å². The lowest BCUT2D eigenvalue weighted by Crippen LogP contribution is -2.34. The molecule has 2 aromatic carbocycles. The van der Waals surface area contributed by atoms with Crippen LogP contribution >= 0.6 is 15.9 Å². The van der Waals surface area contributed by atoms with Crippen molar-refractivity contribution in [3.63, 3.8) is 0 Å². The van der Waals surface area contributed by atoms with E-state index in [0.29, 0.717) is 46.2 Å². The van der Waals surface area contributed by atoms with Crippen molar-refractivity contribution < 1.29 is 23.8 Å². The summed E-state index contributed by atoms with van der Waals surface area (Å²) in [6.45, 7) is 6.25. The molecule has 0 fully saturated rings. The molecule has 0 aliphatic rings. The molecule has 2 aromatic rings. The second-order valence-corrected chi connectivity index (χ2v) is 7.22. The topological polar surface area (TPSA) is 98.2 Å². The number of benzene rings is 2. The van der Waals surface area contributed by atoms with Crippen LogP contribution in [0, 0.1) is 5.92 Å². The van der Waals surface area contributed by atoms with E-state index in [0.717, 1.165) is 0 Å². The normalized spacial score (nSPS) is 11.6. The van der Waals surface area contributed by atoms with E-state index in [9.17, 15) is 9.59 Å². The third kappa shape index (κ3) is 6.99. The van der Waals surface area contributed by atoms with Crippen molar-refractivity contribution >= 4 is 39.6 Å². The van der Waals surface area contributed by atoms with Gasteiger partial charge in [-0.2, -0.15) is 5.10 Å². The Labute approximate surface area is 190 Å². The summed E-state index contributed by atoms with van der Waals surface area (Å²) in [6.07, 6.45) is 1.47. The van der Waals surface area contributed by atoms with Crippen LogP contribution in [0.25, 0.3) is 0 Å². The zero-order valence-corrected chi connectivity index (χ0v) is 19.5. The van der Waals surface area contributed by atoms with Gasteiger partial charge in [0.25, 0.3) is 5.91 Å². The Bertz CT molecular complexity index is 931. The molecule has 8 nitrogen and oxygen atoms in total. The van der Waals surface area contributed by atoms with Crippen molar-refractivity contribution in [3.05, 3.63) is 46.4 Å². The quantitative estimate of drug-likeness (QED) is 0.297. The van der Waals surface area contributed by atoms with Gasteiger partial charge >= 0.3 is 0 Å². The molecule has 2 rings (SSSR count). The fourth-order valence-electron chi connectivity index (χ4n) is 2.52. The zero-order chi connectivity index (χ0) is 22.8. The van der Waals surface area contributed by atoms with Gasteiger partial charge in [0.15, 0.2) is 11.5 Å². The first kappa shape index (κ1) is 24.2. The molecule has 1 atom stereocenters. The van der Waals surface area contributed by atoms with Crippen LogP contribution in [0.4, 0.5) is 5.69 Å². The molecule has 0 aliphatic carbocycles. The summed E-state index contributed by atoms with van der Waals surface area (Å²) in [6, 6.07) is 10.4. The number of hydrogen-bond acceptors (Lipinski definition) is 6. The lowest BCUT2D eigenvalue weighted by atomic mass is 10.1. The van der Waals surface area contributed by atoms with Gasteiger partial charge in [0.2, 0.25) is 5.91 Å². The molecule has 0 saturated heterocycles. The van der Waals surface area contributed by atoms with E-state index in [4.69, 9.17) is 14.2 Å². The molecular weight excluding hydrogens is 466 g/mol. The standard InChI is InChI=1S/C22H26BrN3O5/c1-5-30-19-12-15(11-18(23)20(19)31-6-2)13-24-26-22(28)14(3)21(27)25-16-7-9-17(29-4)10-8-16/h7-14H,5-6H2,1-4H3,(H,25,27)(H,26,28). The Kier molecular flexibility index (Phi) is 9.33. The maximum atomic E-state index is 12.3. The van der Waals surface area contributed by atoms with Gasteiger partial charge in [-0.1, -0.05) is 0 Å². The maximum Gasteiger partial charge on any atom is 0.252 e. The molecule has 166 valence electrons. The van der Waals surface area contributed by atoms with Gasteiger partial charge in [-0.05, 0) is 78.7 Å². The summed E-state index contributed by atoms with van der Waals surface area (Å²) in [5, 5.41) is 6.64. The van der Waals surface area contributed by atoms with Crippen LogP contribution in [0.5, 0.6) is 17.2 Å². The molecule has 0 aromatic heterocycles. The molecule has 0 radical (unpaired) electrons. The highest BCUT2D eigenvalue weighted by Crippen LogP contribution is 2.36. The number of amides is 2. The van der Waals surface area contributed by atoms with Gasteiger partial charge in [-0.3, -0.25) is 9.59 Å². The van der Waals surface area contributed by atoms with Gasteiger partial charge in [-0.15, -0.1) is 0 Å². The maximum absolute atomic E-state index is 12.3. The molecule has 31 heavy (non-hydrogen) atoms. The fraction of sp³-hybridized carbons (Fsp3) is 0.318. The van der Waals surface area contributed by atoms with E-state index in [1.807, 2.05) is 13.8 Å². The number of carbonyl (C=O) groups excluding carboxylic acids is 2. The first-order valence-corrected chi connectivity index (χ1v) is 10.6. The van der Waals surface area contributed by atoms with Crippen LogP contribution in [-0.4, -0.2) is 38.4 Å². The van der Waals surface area contributed by atoms with Crippen molar-refractivity contribution in [2.45, 2.75) is 20.8 Å². The highest BCUT2D eigenvalue weighted by atomic mass is 79.9. The number of rotatable bonds is 10. The Balaban J connectivity index is 1.99. The first-order chi connectivity index (χ1) is 14.9. The van der Waals surface area contributed by atoms with Crippen LogP contribution < -0.4 is 25.0 Å². The summed E-state index contributed by atoms with van der Waals surface area (Å²) in [5.74, 6) is -0.0671. The van der Waals surface area contributed by atoms with Gasteiger partial charge in [-0.25, -0.2) is 5.43 Å². The molecule has 2 N–H and O–H groups in total. The third-order valence-corrected chi connectivity index (χ3v) is 4.74. The summed E-state index contributed by atoms with van der Waals surface area (Å²) in [4.78, 5) is 24.6. The number of methoxy groups -OCH3 is 1. The molecule has 0 saturated carbocycles. The van der Waals surface area contributed by atoms with E-state index in [-0.39, 0.29) is 0 Å². The number of hydrogen-bond donors (Lipinski definition) is 2. The average molecular weight is 492 g/mol. The Morgan fingerprint density at radius 2 is 1.77 bits per heavy atom. The molecular formula is C22H26BrN3O5. The predicted molar refractivity (Wildman–Crippen MR) is 123 cm³/mol. The van der Waals surface area contributed by atoms with Crippen LogP contribution in [-0.2, 0) is 9.59 Å². The Hall–Kier alpha value is -3.07. The zero-order valence-electron chi connectivity index (χ0n) is 17.9. The molecule has 9 heteroatoms. The minimum atomic E-state index is -0.940. The highest BCUT2D eigenvalue weighted by molar-refractivity contribution is 9.10. The number of ether oxygens (including phenoxy) is 3. The van der Waals surface area contributed by atoms with E-state index in [2.05, 4.69) is 31.8 Å². The number of anilines is 1. The van der Waals surface area contributed by atoms with Crippen molar-refractivity contribution in [3.8, 4) is 17.2 Å². The summed E-state index contributed by atoms with van der Waals surface area (Å²) < 4.78 is 17.0. The minimum absolute atomic E-state index is 0.444. The molecule has 1 unspecified atom stereocenters. The lowest BCUT2D eigenvalue weighted by molar-refractivity contribution is -0.131. The molecule has 0 aliphatic heterocycles. The van der Waals surface area contributed by atoms with E-state index in [1.54, 1.807) is 43.5 Å². The summed E-state index contributed by atoms with van der Waals surface area (Å²) in [5.41, 5.74) is 3.64. The number of carbonyl (C=O) groups is 2. The van der Waals surface area contributed by atoms with E-state index >= 15 is 0 Å². The second-order valence-electron chi connectivity index (χ2n) is 6.37. The molecule has 0 bridgehead atoms. The predicted octanol–water partition coefficient (Wildman–Crippen LogP) is 3.98. The number of nitrogens with zero attached hydrogens (tertiary/aromatic N) is 1. The summed E-state index contributed by atoms with van der Waals surface area (Å²) in [7, 11) is 1.56. The molecule has 2 amide bonds. The van der Waals surface area contributed by atoms with E-state index in [1.165, 1.54) is 13.1 Å².